The summed E-state index contributed by atoms with van der Waals surface area (Å²) in [6.45, 7) is 0.958. The third-order valence-electron chi connectivity index (χ3n) is 3.62. The molecule has 0 amide bonds. The molecule has 0 radical (unpaired) electrons. The molecule has 1 N–H and O–H groups in total. The van der Waals surface area contributed by atoms with Crippen molar-refractivity contribution in [2.75, 3.05) is 6.54 Å². The Kier molecular flexibility index (Phi) is 2.88. The van der Waals surface area contributed by atoms with Gasteiger partial charge in [0.2, 0.25) is 0 Å². The van der Waals surface area contributed by atoms with Crippen LogP contribution in [0.3, 0.4) is 0 Å². The largest absolute Gasteiger partial charge is 0.307 e. The highest BCUT2D eigenvalue weighted by Crippen LogP contribution is 2.19. The number of nitrogens with one attached hydrogen (secondary N) is 1. The molecule has 94 valence electrons. The van der Waals surface area contributed by atoms with Crippen LogP contribution in [0.15, 0.2) is 24.3 Å². The Morgan fingerprint density at radius 3 is 3.11 bits per heavy atom. The number of aromatic nitrogens is 2. The maximum atomic E-state index is 12.2. The molecule has 18 heavy (non-hydrogen) atoms. The minimum Gasteiger partial charge on any atom is -0.307 e. The van der Waals surface area contributed by atoms with Gasteiger partial charge in [0.05, 0.1) is 23.7 Å². The van der Waals surface area contributed by atoms with Crippen LogP contribution in [0, 0.1) is 0 Å². The van der Waals surface area contributed by atoms with Crippen LogP contribution in [-0.2, 0) is 18.3 Å². The van der Waals surface area contributed by atoms with E-state index in [1.165, 1.54) is 0 Å². The fourth-order valence-corrected chi connectivity index (χ4v) is 2.67. The Morgan fingerprint density at radius 1 is 1.50 bits per heavy atom. The van der Waals surface area contributed by atoms with Crippen molar-refractivity contribution in [3.05, 3.63) is 30.0 Å². The van der Waals surface area contributed by atoms with Crippen LogP contribution in [0.5, 0.6) is 0 Å². The summed E-state index contributed by atoms with van der Waals surface area (Å²) in [6, 6.07) is 8.09. The number of hydrogen-bond acceptors (Lipinski definition) is 3. The summed E-state index contributed by atoms with van der Waals surface area (Å²) in [4.78, 5) is 12.2. The lowest BCUT2D eigenvalue weighted by Crippen LogP contribution is -2.32. The Balaban J connectivity index is 1.88. The highest BCUT2D eigenvalue weighted by Gasteiger charge is 2.23. The summed E-state index contributed by atoms with van der Waals surface area (Å²) in [7, 11) is 1.92. The van der Waals surface area contributed by atoms with Crippen LogP contribution in [-0.4, -0.2) is 28.2 Å². The van der Waals surface area contributed by atoms with Crippen LogP contribution < -0.4 is 5.32 Å². The lowest BCUT2D eigenvalue weighted by atomic mass is 10.0. The molecule has 1 atom stereocenters. The molecule has 1 unspecified atom stereocenters. The zero-order chi connectivity index (χ0) is 12.5. The van der Waals surface area contributed by atoms with E-state index in [0.29, 0.717) is 6.42 Å². The number of hydrogen-bond donors (Lipinski definition) is 1. The van der Waals surface area contributed by atoms with E-state index in [0.717, 1.165) is 36.0 Å². The van der Waals surface area contributed by atoms with Crippen LogP contribution in [0.1, 0.15) is 18.5 Å². The fourth-order valence-electron chi connectivity index (χ4n) is 2.67. The lowest BCUT2D eigenvalue weighted by molar-refractivity contribution is -0.120. The third-order valence-corrected chi connectivity index (χ3v) is 3.62. The van der Waals surface area contributed by atoms with Gasteiger partial charge in [-0.15, -0.1) is 0 Å². The summed E-state index contributed by atoms with van der Waals surface area (Å²) in [6.07, 6.45) is 2.49. The Labute approximate surface area is 106 Å². The first-order valence-electron chi connectivity index (χ1n) is 6.42. The van der Waals surface area contributed by atoms with E-state index < -0.39 is 0 Å². The maximum Gasteiger partial charge on any atom is 0.155 e. The maximum absolute atomic E-state index is 12.2. The number of benzene rings is 1. The molecule has 1 aliphatic rings. The topological polar surface area (TPSA) is 46.9 Å². The SMILES string of the molecule is Cn1nc(CC(=O)C2CCCN2)c2ccccc21. The summed E-state index contributed by atoms with van der Waals surface area (Å²) in [5.74, 6) is 0.261. The average Bonchev–Trinajstić information content (AvgIpc) is 3.00. The van der Waals surface area contributed by atoms with Gasteiger partial charge in [0, 0.05) is 12.4 Å². The molecule has 0 bridgehead atoms. The molecule has 4 heteroatoms. The number of para-hydroxylation sites is 1. The summed E-state index contributed by atoms with van der Waals surface area (Å²) in [5.41, 5.74) is 1.98. The van der Waals surface area contributed by atoms with Crippen LogP contribution >= 0.6 is 0 Å². The minimum absolute atomic E-state index is 0.0331. The van der Waals surface area contributed by atoms with E-state index in [1.54, 1.807) is 0 Å². The first-order valence-corrected chi connectivity index (χ1v) is 6.42. The van der Waals surface area contributed by atoms with Crippen molar-refractivity contribution >= 4 is 16.7 Å². The molecular weight excluding hydrogens is 226 g/mol. The van der Waals surface area contributed by atoms with Gasteiger partial charge in [-0.05, 0) is 25.5 Å². The van der Waals surface area contributed by atoms with Gasteiger partial charge in [-0.1, -0.05) is 18.2 Å². The summed E-state index contributed by atoms with van der Waals surface area (Å²) in [5, 5.41) is 8.81. The zero-order valence-corrected chi connectivity index (χ0v) is 10.5. The van der Waals surface area contributed by atoms with E-state index in [9.17, 15) is 4.79 Å². The second kappa shape index (κ2) is 4.53. The predicted molar refractivity (Wildman–Crippen MR) is 70.4 cm³/mol. The zero-order valence-electron chi connectivity index (χ0n) is 10.5. The Bertz CT molecular complexity index is 582. The van der Waals surface area contributed by atoms with Crippen molar-refractivity contribution in [3.63, 3.8) is 0 Å². The normalized spacial score (nSPS) is 19.5. The van der Waals surface area contributed by atoms with Crippen molar-refractivity contribution < 1.29 is 4.79 Å². The number of aryl methyl sites for hydroxylation is 1. The highest BCUT2D eigenvalue weighted by molar-refractivity contribution is 5.91. The number of carbonyl (C=O) groups is 1. The number of Topliss-reactive ketones (excluding diaryl/α,β-unsaturated/α-hetero) is 1. The molecule has 1 saturated heterocycles. The number of ketones is 1. The summed E-state index contributed by atoms with van der Waals surface area (Å²) >= 11 is 0. The van der Waals surface area contributed by atoms with Crippen molar-refractivity contribution in [3.8, 4) is 0 Å². The smallest absolute Gasteiger partial charge is 0.155 e. The van der Waals surface area contributed by atoms with E-state index in [-0.39, 0.29) is 11.8 Å². The van der Waals surface area contributed by atoms with Gasteiger partial charge in [-0.2, -0.15) is 5.10 Å². The van der Waals surface area contributed by atoms with Crippen LogP contribution in [0.25, 0.3) is 10.9 Å². The second-order valence-corrected chi connectivity index (χ2v) is 4.88. The Morgan fingerprint density at radius 2 is 2.33 bits per heavy atom. The molecule has 3 rings (SSSR count). The number of carbonyl (C=O) groups excluding carboxylic acids is 1. The van der Waals surface area contributed by atoms with E-state index in [2.05, 4.69) is 10.4 Å². The number of fused-ring (bicyclic) bond motifs is 1. The lowest BCUT2D eigenvalue weighted by Gasteiger charge is -2.07. The predicted octanol–water partition coefficient (Wildman–Crippen LogP) is 1.44. The Hall–Kier alpha value is -1.68. The van der Waals surface area contributed by atoms with Crippen molar-refractivity contribution in [2.24, 2.45) is 7.05 Å². The van der Waals surface area contributed by atoms with Crippen molar-refractivity contribution in [1.82, 2.24) is 15.1 Å². The van der Waals surface area contributed by atoms with Crippen molar-refractivity contribution in [2.45, 2.75) is 25.3 Å². The van der Waals surface area contributed by atoms with Crippen LogP contribution in [0.4, 0.5) is 0 Å². The third kappa shape index (κ3) is 1.93. The monoisotopic (exact) mass is 243 g/mol. The first kappa shape index (κ1) is 11.4. The molecule has 1 aromatic carbocycles. The fraction of sp³-hybridized carbons (Fsp3) is 0.429. The number of rotatable bonds is 3. The van der Waals surface area contributed by atoms with Gasteiger partial charge >= 0.3 is 0 Å². The summed E-state index contributed by atoms with van der Waals surface area (Å²) < 4.78 is 1.85. The highest BCUT2D eigenvalue weighted by atomic mass is 16.1. The molecule has 1 fully saturated rings. The average molecular weight is 243 g/mol. The van der Waals surface area contributed by atoms with Crippen molar-refractivity contribution in [1.29, 1.82) is 0 Å². The van der Waals surface area contributed by atoms with Crippen LogP contribution in [0.2, 0.25) is 0 Å². The molecule has 0 saturated carbocycles. The van der Waals surface area contributed by atoms with Gasteiger partial charge in [0.1, 0.15) is 0 Å². The van der Waals surface area contributed by atoms with Gasteiger partial charge in [0.25, 0.3) is 0 Å². The molecule has 2 aromatic rings. The molecule has 1 aromatic heterocycles. The van der Waals surface area contributed by atoms with E-state index in [4.69, 9.17) is 0 Å². The van der Waals surface area contributed by atoms with Gasteiger partial charge < -0.3 is 5.32 Å². The second-order valence-electron chi connectivity index (χ2n) is 4.88. The molecular formula is C14H17N3O. The first-order chi connectivity index (χ1) is 8.75. The van der Waals surface area contributed by atoms with Gasteiger partial charge in [0.15, 0.2) is 5.78 Å². The van der Waals surface area contributed by atoms with E-state index in [1.807, 2.05) is 36.0 Å². The standard InChI is InChI=1S/C14H17N3O/c1-17-13-7-3-2-5-10(13)12(16-17)9-14(18)11-6-4-8-15-11/h2-3,5,7,11,15H,4,6,8-9H2,1H3. The molecule has 4 nitrogen and oxygen atoms in total. The molecule has 0 spiro atoms. The quantitative estimate of drug-likeness (QED) is 0.887. The molecule has 1 aliphatic heterocycles. The van der Waals surface area contributed by atoms with E-state index >= 15 is 0 Å². The van der Waals surface area contributed by atoms with Gasteiger partial charge in [-0.3, -0.25) is 9.48 Å². The molecule has 0 aliphatic carbocycles. The number of nitrogens with zero attached hydrogens (tertiary/aromatic N) is 2. The van der Waals surface area contributed by atoms with Gasteiger partial charge in [-0.25, -0.2) is 0 Å². The molecule has 2 heterocycles. The minimum atomic E-state index is 0.0331.